The summed E-state index contributed by atoms with van der Waals surface area (Å²) >= 11 is 0. The number of morpholine rings is 1. The molecule has 3 aromatic heterocycles. The van der Waals surface area contributed by atoms with Crippen molar-refractivity contribution in [3.63, 3.8) is 0 Å². The maximum absolute atomic E-state index is 13.2. The molecular formula is C32H43N11O2. The van der Waals surface area contributed by atoms with Gasteiger partial charge < -0.3 is 26.0 Å². The lowest BCUT2D eigenvalue weighted by molar-refractivity contribution is -0.0826. The first-order valence-electron chi connectivity index (χ1n) is 15.6. The highest BCUT2D eigenvalue weighted by molar-refractivity contribution is 6.04. The maximum Gasteiger partial charge on any atom is 0.256 e. The van der Waals surface area contributed by atoms with Gasteiger partial charge in [0.2, 0.25) is 5.95 Å². The average molecular weight is 614 g/mol. The number of aromatic amines is 1. The molecule has 2 fully saturated rings. The van der Waals surface area contributed by atoms with Crippen LogP contribution in [0.25, 0.3) is 11.0 Å². The lowest BCUT2D eigenvalue weighted by Gasteiger charge is -2.43. The largest absolute Gasteiger partial charge is 0.382 e. The number of hydrogen-bond acceptors (Lipinski definition) is 11. The van der Waals surface area contributed by atoms with E-state index in [1.165, 1.54) is 6.33 Å². The van der Waals surface area contributed by atoms with Gasteiger partial charge in [-0.25, -0.2) is 15.0 Å². The summed E-state index contributed by atoms with van der Waals surface area (Å²) in [5, 5.41) is 13.5. The Bertz CT molecular complexity index is 1680. The number of carbonyl (C=O) groups excluding carboxylic acids is 1. The fraction of sp³-hybridized carbons (Fsp3) is 0.500. The van der Waals surface area contributed by atoms with Crippen LogP contribution in [0.15, 0.2) is 30.6 Å². The predicted molar refractivity (Wildman–Crippen MR) is 176 cm³/mol. The van der Waals surface area contributed by atoms with Crippen LogP contribution >= 0.6 is 0 Å². The normalized spacial score (nSPS) is 20.0. The lowest BCUT2D eigenvalue weighted by Crippen LogP contribution is -2.53. The van der Waals surface area contributed by atoms with E-state index in [0.717, 1.165) is 56.0 Å². The lowest BCUT2D eigenvalue weighted by atomic mass is 9.92. The molecule has 6 rings (SSSR count). The van der Waals surface area contributed by atoms with Crippen LogP contribution < -0.4 is 21.3 Å². The molecule has 0 spiro atoms. The molecule has 2 aliphatic rings. The smallest absolute Gasteiger partial charge is 0.256 e. The Morgan fingerprint density at radius 1 is 1.04 bits per heavy atom. The van der Waals surface area contributed by atoms with E-state index in [2.05, 4.69) is 80.2 Å². The minimum Gasteiger partial charge on any atom is -0.382 e. The molecule has 13 heteroatoms. The number of aryl methyl sites for hydroxylation is 1. The van der Waals surface area contributed by atoms with Crippen molar-refractivity contribution in [2.24, 2.45) is 0 Å². The van der Waals surface area contributed by atoms with Gasteiger partial charge in [-0.15, -0.1) is 0 Å². The van der Waals surface area contributed by atoms with E-state index >= 15 is 0 Å². The summed E-state index contributed by atoms with van der Waals surface area (Å²) in [5.41, 5.74) is 10.3. The standard InChI is InChI=1S/C32H43N11O2/c1-18-7-8-21(30(44)37-25-14-24(40-41-25)32(4,5)6)13-23(18)36-29-27-26(34-17-35-29)28(33)39-31(38-27)42-11-9-22(10-12-42)43-15-19(2)45-20(3)16-43/h7-8,13-14,17,19-20,22H,9-12,15-16H2,1-6H3,(H2,33,38,39)(H,34,35,36)(H2,37,40,41,44)/t19-,20+. The van der Waals surface area contributed by atoms with Crippen LogP contribution in [0.3, 0.4) is 0 Å². The van der Waals surface area contributed by atoms with Gasteiger partial charge in [-0.3, -0.25) is 14.8 Å². The van der Waals surface area contributed by atoms with Crippen LogP contribution in [-0.2, 0) is 10.2 Å². The molecule has 238 valence electrons. The molecule has 0 saturated carbocycles. The second-order valence-electron chi connectivity index (χ2n) is 13.3. The Kier molecular flexibility index (Phi) is 8.31. The topological polar surface area (TPSA) is 163 Å². The van der Waals surface area contributed by atoms with Gasteiger partial charge in [-0.2, -0.15) is 10.1 Å². The van der Waals surface area contributed by atoms with Gasteiger partial charge in [0.05, 0.1) is 17.9 Å². The minimum absolute atomic E-state index is 0.134. The third-order valence-electron chi connectivity index (χ3n) is 8.56. The summed E-state index contributed by atoms with van der Waals surface area (Å²) in [6, 6.07) is 7.84. The third-order valence-corrected chi connectivity index (χ3v) is 8.56. The SMILES string of the molecule is Cc1ccc(C(=O)Nc2cc(C(C)(C)C)n[nH]2)cc1Nc1ncnc2c(N)nc(N3CCC(N4C[C@@H](C)O[C@@H](C)C4)CC3)nc12. The Balaban J connectivity index is 1.20. The van der Waals surface area contributed by atoms with E-state index in [-0.39, 0.29) is 23.5 Å². The van der Waals surface area contributed by atoms with E-state index in [1.807, 2.05) is 19.1 Å². The molecule has 2 atom stereocenters. The number of benzene rings is 1. The second-order valence-corrected chi connectivity index (χ2v) is 13.3. The molecule has 13 nitrogen and oxygen atoms in total. The van der Waals surface area contributed by atoms with Gasteiger partial charge in [-0.1, -0.05) is 26.8 Å². The zero-order chi connectivity index (χ0) is 31.9. The van der Waals surface area contributed by atoms with Crippen molar-refractivity contribution in [1.29, 1.82) is 0 Å². The average Bonchev–Trinajstić information content (AvgIpc) is 3.47. The van der Waals surface area contributed by atoms with E-state index in [0.29, 0.717) is 46.0 Å². The zero-order valence-corrected chi connectivity index (χ0v) is 26.9. The number of hydrogen-bond donors (Lipinski definition) is 4. The quantitative estimate of drug-likeness (QED) is 0.244. The number of aromatic nitrogens is 6. The van der Waals surface area contributed by atoms with Crippen molar-refractivity contribution in [3.05, 3.63) is 47.4 Å². The van der Waals surface area contributed by atoms with Crippen molar-refractivity contribution < 1.29 is 9.53 Å². The van der Waals surface area contributed by atoms with E-state index in [4.69, 9.17) is 15.5 Å². The summed E-state index contributed by atoms with van der Waals surface area (Å²) in [6.07, 6.45) is 3.97. The first-order valence-corrected chi connectivity index (χ1v) is 15.6. The first kappa shape index (κ1) is 30.7. The zero-order valence-electron chi connectivity index (χ0n) is 26.9. The number of nitrogens with zero attached hydrogens (tertiary/aromatic N) is 7. The molecular weight excluding hydrogens is 570 g/mol. The maximum atomic E-state index is 13.2. The number of fused-ring (bicyclic) bond motifs is 1. The summed E-state index contributed by atoms with van der Waals surface area (Å²) in [6.45, 7) is 16.1. The highest BCUT2D eigenvalue weighted by atomic mass is 16.5. The number of carbonyl (C=O) groups is 1. The minimum atomic E-state index is -0.257. The highest BCUT2D eigenvalue weighted by Gasteiger charge is 2.31. The van der Waals surface area contributed by atoms with Gasteiger partial charge in [-0.05, 0) is 51.3 Å². The van der Waals surface area contributed by atoms with Gasteiger partial charge in [0.1, 0.15) is 23.2 Å². The number of H-pyrrole nitrogens is 1. The number of rotatable bonds is 6. The molecule has 4 aromatic rings. The number of nitrogens with two attached hydrogens (primary N) is 1. The van der Waals surface area contributed by atoms with Crippen molar-refractivity contribution in [2.45, 2.75) is 78.0 Å². The number of nitrogen functional groups attached to an aromatic ring is 1. The van der Waals surface area contributed by atoms with Gasteiger partial charge in [0.25, 0.3) is 5.91 Å². The van der Waals surface area contributed by atoms with Crippen LogP contribution in [0.2, 0.25) is 0 Å². The molecule has 0 unspecified atom stereocenters. The van der Waals surface area contributed by atoms with E-state index < -0.39 is 0 Å². The van der Waals surface area contributed by atoms with Crippen LogP contribution in [0.1, 0.15) is 69.1 Å². The molecule has 0 radical (unpaired) electrons. The second kappa shape index (κ2) is 12.2. The predicted octanol–water partition coefficient (Wildman–Crippen LogP) is 4.40. The van der Waals surface area contributed by atoms with Crippen molar-refractivity contribution in [1.82, 2.24) is 35.0 Å². The summed E-state index contributed by atoms with van der Waals surface area (Å²) < 4.78 is 5.94. The Morgan fingerprint density at radius 2 is 1.78 bits per heavy atom. The van der Waals surface area contributed by atoms with Crippen LogP contribution in [0, 0.1) is 6.92 Å². The van der Waals surface area contributed by atoms with Gasteiger partial charge >= 0.3 is 0 Å². The number of piperidine rings is 1. The first-order chi connectivity index (χ1) is 21.4. The van der Waals surface area contributed by atoms with Gasteiger partial charge in [0.15, 0.2) is 11.6 Å². The van der Waals surface area contributed by atoms with Crippen LogP contribution in [-0.4, -0.2) is 85.4 Å². The fourth-order valence-corrected chi connectivity index (χ4v) is 6.13. The Labute approximate surface area is 263 Å². The molecule has 2 saturated heterocycles. The van der Waals surface area contributed by atoms with Crippen LogP contribution in [0.5, 0.6) is 0 Å². The monoisotopic (exact) mass is 613 g/mol. The molecule has 0 bridgehead atoms. The third kappa shape index (κ3) is 6.69. The Morgan fingerprint density at radius 3 is 2.47 bits per heavy atom. The molecule has 1 amide bonds. The number of nitrogens with one attached hydrogen (secondary N) is 3. The summed E-state index contributed by atoms with van der Waals surface area (Å²) in [5.74, 6) is 1.65. The molecule has 5 N–H and O–H groups in total. The van der Waals surface area contributed by atoms with Gasteiger partial charge in [0, 0.05) is 55.0 Å². The fourth-order valence-electron chi connectivity index (χ4n) is 6.13. The Hall–Kier alpha value is -4.36. The van der Waals surface area contributed by atoms with E-state index in [9.17, 15) is 4.79 Å². The summed E-state index contributed by atoms with van der Waals surface area (Å²) in [4.78, 5) is 36.3. The van der Waals surface area contributed by atoms with Crippen molar-refractivity contribution in [2.75, 3.05) is 47.4 Å². The number of amides is 1. The van der Waals surface area contributed by atoms with E-state index in [1.54, 1.807) is 12.1 Å². The summed E-state index contributed by atoms with van der Waals surface area (Å²) in [7, 11) is 0. The highest BCUT2D eigenvalue weighted by Crippen LogP contribution is 2.30. The van der Waals surface area contributed by atoms with Crippen molar-refractivity contribution >= 4 is 46.0 Å². The van der Waals surface area contributed by atoms with Crippen LogP contribution in [0.4, 0.5) is 29.1 Å². The number of ether oxygens (including phenoxy) is 1. The number of anilines is 5. The molecule has 2 aliphatic heterocycles. The van der Waals surface area contributed by atoms with Crippen molar-refractivity contribution in [3.8, 4) is 0 Å². The molecule has 45 heavy (non-hydrogen) atoms. The molecule has 1 aromatic carbocycles. The molecule has 0 aliphatic carbocycles. The molecule has 5 heterocycles.